The summed E-state index contributed by atoms with van der Waals surface area (Å²) < 4.78 is 42.6. The van der Waals surface area contributed by atoms with Crippen molar-refractivity contribution in [3.05, 3.63) is 53.0 Å². The minimum atomic E-state index is -4.39. The van der Waals surface area contributed by atoms with Gasteiger partial charge >= 0.3 is 12.2 Å². The van der Waals surface area contributed by atoms with Gasteiger partial charge in [-0.05, 0) is 44.2 Å². The molecule has 2 aromatic rings. The number of alkyl halides is 3. The maximum absolute atomic E-state index is 12.4. The molecule has 0 atom stereocenters. The van der Waals surface area contributed by atoms with E-state index in [9.17, 15) is 18.0 Å². The zero-order chi connectivity index (χ0) is 16.3. The van der Waals surface area contributed by atoms with E-state index < -0.39 is 17.8 Å². The zero-order valence-corrected chi connectivity index (χ0v) is 12.0. The molecular formula is C15H15F3N2O2. The van der Waals surface area contributed by atoms with Crippen LogP contribution in [0.4, 0.5) is 23.7 Å². The Labute approximate surface area is 125 Å². The standard InChI is InChI=1S/C15H15F3N2O2/c1-9-7-11(10(2)22-9)8-19-14(21)20-13-5-3-12(4-6-13)15(16,17)18/h3-7H,8H2,1-2H3,(H2,19,20,21). The first kappa shape index (κ1) is 15.9. The minimum absolute atomic E-state index is 0.273. The second-order valence-corrected chi connectivity index (χ2v) is 4.82. The molecular weight excluding hydrogens is 297 g/mol. The van der Waals surface area contributed by atoms with Crippen molar-refractivity contribution in [2.24, 2.45) is 0 Å². The van der Waals surface area contributed by atoms with E-state index in [1.54, 1.807) is 13.8 Å². The molecule has 0 radical (unpaired) electrons. The van der Waals surface area contributed by atoms with Crippen LogP contribution >= 0.6 is 0 Å². The van der Waals surface area contributed by atoms with Gasteiger partial charge in [0.25, 0.3) is 0 Å². The first-order valence-electron chi connectivity index (χ1n) is 6.54. The quantitative estimate of drug-likeness (QED) is 0.891. The van der Waals surface area contributed by atoms with E-state index in [1.807, 2.05) is 6.07 Å². The Balaban J connectivity index is 1.91. The first-order valence-corrected chi connectivity index (χ1v) is 6.54. The van der Waals surface area contributed by atoms with Crippen molar-refractivity contribution in [3.8, 4) is 0 Å². The fraction of sp³-hybridized carbons (Fsp3) is 0.267. The Morgan fingerprint density at radius 3 is 2.32 bits per heavy atom. The summed E-state index contributed by atoms with van der Waals surface area (Å²) in [7, 11) is 0. The molecule has 2 rings (SSSR count). The zero-order valence-electron chi connectivity index (χ0n) is 12.0. The predicted molar refractivity (Wildman–Crippen MR) is 75.5 cm³/mol. The number of hydrogen-bond donors (Lipinski definition) is 2. The molecule has 0 aliphatic rings. The lowest BCUT2D eigenvalue weighted by atomic mass is 10.2. The van der Waals surface area contributed by atoms with Crippen LogP contribution in [0.1, 0.15) is 22.6 Å². The summed E-state index contributed by atoms with van der Waals surface area (Å²) in [6.45, 7) is 3.87. The Morgan fingerprint density at radius 1 is 1.18 bits per heavy atom. The predicted octanol–water partition coefficient (Wildman–Crippen LogP) is 4.24. The van der Waals surface area contributed by atoms with Crippen LogP contribution < -0.4 is 10.6 Å². The SMILES string of the molecule is Cc1cc(CNC(=O)Nc2ccc(C(F)(F)F)cc2)c(C)o1. The minimum Gasteiger partial charge on any atom is -0.466 e. The molecule has 0 saturated carbocycles. The van der Waals surface area contributed by atoms with Crippen LogP contribution in [0.5, 0.6) is 0 Å². The molecule has 22 heavy (non-hydrogen) atoms. The Hall–Kier alpha value is -2.44. The monoisotopic (exact) mass is 312 g/mol. The van der Waals surface area contributed by atoms with Crippen molar-refractivity contribution in [2.75, 3.05) is 5.32 Å². The van der Waals surface area contributed by atoms with Gasteiger partial charge in [-0.25, -0.2) is 4.79 Å². The highest BCUT2D eigenvalue weighted by molar-refractivity contribution is 5.89. The number of rotatable bonds is 3. The van der Waals surface area contributed by atoms with Gasteiger partial charge in [0.05, 0.1) is 5.56 Å². The Morgan fingerprint density at radius 2 is 1.82 bits per heavy atom. The Kier molecular flexibility index (Phi) is 4.44. The third kappa shape index (κ3) is 4.03. The smallest absolute Gasteiger partial charge is 0.416 e. The summed E-state index contributed by atoms with van der Waals surface area (Å²) in [6, 6.07) is 5.55. The number of halogens is 3. The Bertz CT molecular complexity index is 660. The molecule has 4 nitrogen and oxygen atoms in total. The molecule has 118 valence electrons. The van der Waals surface area contributed by atoms with Crippen LogP contribution in [0, 0.1) is 13.8 Å². The summed E-state index contributed by atoms with van der Waals surface area (Å²) in [5, 5.41) is 5.08. The van der Waals surface area contributed by atoms with E-state index >= 15 is 0 Å². The summed E-state index contributed by atoms with van der Waals surface area (Å²) in [5.74, 6) is 1.46. The number of benzene rings is 1. The highest BCUT2D eigenvalue weighted by Gasteiger charge is 2.29. The molecule has 1 heterocycles. The van der Waals surface area contributed by atoms with Gasteiger partial charge < -0.3 is 15.1 Å². The van der Waals surface area contributed by atoms with Gasteiger partial charge in [0.1, 0.15) is 11.5 Å². The van der Waals surface area contributed by atoms with Gasteiger partial charge in [-0.3, -0.25) is 0 Å². The number of carbonyl (C=O) groups is 1. The van der Waals surface area contributed by atoms with Gasteiger partial charge in [-0.1, -0.05) is 0 Å². The van der Waals surface area contributed by atoms with E-state index in [-0.39, 0.29) is 12.2 Å². The lowest BCUT2D eigenvalue weighted by Crippen LogP contribution is -2.28. The lowest BCUT2D eigenvalue weighted by Gasteiger charge is -2.09. The average Bonchev–Trinajstić information content (AvgIpc) is 2.74. The third-order valence-electron chi connectivity index (χ3n) is 3.05. The molecule has 1 aromatic heterocycles. The molecule has 0 bridgehead atoms. The number of hydrogen-bond acceptors (Lipinski definition) is 2. The first-order chi connectivity index (χ1) is 10.3. The van der Waals surface area contributed by atoms with Crippen molar-refractivity contribution >= 4 is 11.7 Å². The van der Waals surface area contributed by atoms with Gasteiger partial charge in [-0.15, -0.1) is 0 Å². The molecule has 0 aliphatic heterocycles. The van der Waals surface area contributed by atoms with Crippen molar-refractivity contribution in [1.29, 1.82) is 0 Å². The fourth-order valence-electron chi connectivity index (χ4n) is 1.95. The molecule has 0 unspecified atom stereocenters. The van der Waals surface area contributed by atoms with Crippen LogP contribution in [0.15, 0.2) is 34.7 Å². The van der Waals surface area contributed by atoms with Crippen LogP contribution in [0.2, 0.25) is 0 Å². The molecule has 0 saturated heterocycles. The van der Waals surface area contributed by atoms with Crippen LogP contribution in [-0.2, 0) is 12.7 Å². The molecule has 1 aromatic carbocycles. The highest BCUT2D eigenvalue weighted by atomic mass is 19.4. The molecule has 2 amide bonds. The summed E-state index contributed by atoms with van der Waals surface area (Å²) in [4.78, 5) is 11.7. The van der Waals surface area contributed by atoms with Gasteiger partial charge in [-0.2, -0.15) is 13.2 Å². The molecule has 0 fully saturated rings. The second kappa shape index (κ2) is 6.13. The van der Waals surface area contributed by atoms with E-state index in [0.717, 1.165) is 23.5 Å². The van der Waals surface area contributed by atoms with E-state index in [2.05, 4.69) is 10.6 Å². The second-order valence-electron chi connectivity index (χ2n) is 4.82. The largest absolute Gasteiger partial charge is 0.466 e. The lowest BCUT2D eigenvalue weighted by molar-refractivity contribution is -0.137. The summed E-state index contributed by atoms with van der Waals surface area (Å²) in [6.07, 6.45) is -4.39. The summed E-state index contributed by atoms with van der Waals surface area (Å²) in [5.41, 5.74) is 0.369. The van der Waals surface area contributed by atoms with E-state index in [1.165, 1.54) is 12.1 Å². The van der Waals surface area contributed by atoms with E-state index in [4.69, 9.17) is 4.42 Å². The van der Waals surface area contributed by atoms with Crippen molar-refractivity contribution in [1.82, 2.24) is 5.32 Å². The number of aryl methyl sites for hydroxylation is 2. The van der Waals surface area contributed by atoms with Crippen molar-refractivity contribution in [2.45, 2.75) is 26.6 Å². The van der Waals surface area contributed by atoms with Gasteiger partial charge in [0.2, 0.25) is 0 Å². The molecule has 7 heteroatoms. The highest BCUT2D eigenvalue weighted by Crippen LogP contribution is 2.29. The number of amides is 2. The number of urea groups is 1. The van der Waals surface area contributed by atoms with Crippen LogP contribution in [0.25, 0.3) is 0 Å². The third-order valence-corrected chi connectivity index (χ3v) is 3.05. The van der Waals surface area contributed by atoms with Crippen molar-refractivity contribution in [3.63, 3.8) is 0 Å². The van der Waals surface area contributed by atoms with E-state index in [0.29, 0.717) is 5.76 Å². The molecule has 0 aliphatic carbocycles. The normalized spacial score (nSPS) is 11.3. The number of furan rings is 1. The maximum Gasteiger partial charge on any atom is 0.416 e. The number of nitrogens with one attached hydrogen (secondary N) is 2. The molecule has 2 N–H and O–H groups in total. The van der Waals surface area contributed by atoms with Crippen LogP contribution in [0.3, 0.4) is 0 Å². The summed E-state index contributed by atoms with van der Waals surface area (Å²) >= 11 is 0. The average molecular weight is 312 g/mol. The van der Waals surface area contributed by atoms with Gasteiger partial charge in [0.15, 0.2) is 0 Å². The number of carbonyl (C=O) groups excluding carboxylic acids is 1. The molecule has 0 spiro atoms. The van der Waals surface area contributed by atoms with Gasteiger partial charge in [0, 0.05) is 17.8 Å². The fourth-order valence-corrected chi connectivity index (χ4v) is 1.95. The topological polar surface area (TPSA) is 54.3 Å². The van der Waals surface area contributed by atoms with Crippen LogP contribution in [-0.4, -0.2) is 6.03 Å². The van der Waals surface area contributed by atoms with Crippen molar-refractivity contribution < 1.29 is 22.4 Å². The maximum atomic E-state index is 12.4. The number of anilines is 1.